The summed E-state index contributed by atoms with van der Waals surface area (Å²) in [6.45, 7) is 2.87. The van der Waals surface area contributed by atoms with Crippen molar-refractivity contribution in [1.29, 1.82) is 0 Å². The lowest BCUT2D eigenvalue weighted by Crippen LogP contribution is -2.08. The van der Waals surface area contributed by atoms with Crippen molar-refractivity contribution in [1.82, 2.24) is 4.57 Å². The number of nitrogens with two attached hydrogens (primary N) is 1. The van der Waals surface area contributed by atoms with Gasteiger partial charge in [0.1, 0.15) is 0 Å². The minimum Gasteiger partial charge on any atom is -0.350 e. The molecule has 1 unspecified atom stereocenters. The van der Waals surface area contributed by atoms with Gasteiger partial charge in [-0.1, -0.05) is 25.1 Å². The summed E-state index contributed by atoms with van der Waals surface area (Å²) < 4.78 is 2.16. The molecule has 0 bridgehead atoms. The summed E-state index contributed by atoms with van der Waals surface area (Å²) in [6.07, 6.45) is 2.18. The SMILES string of the molecule is CC(CN)c1cn(C)c2ccccc12. The third-order valence-electron chi connectivity index (χ3n) is 2.81. The molecule has 2 N–H and O–H groups in total. The van der Waals surface area contributed by atoms with E-state index in [0.29, 0.717) is 12.5 Å². The Morgan fingerprint density at radius 3 is 2.79 bits per heavy atom. The van der Waals surface area contributed by atoms with Gasteiger partial charge < -0.3 is 10.3 Å². The molecule has 0 spiro atoms. The lowest BCUT2D eigenvalue weighted by atomic mass is 10.0. The highest BCUT2D eigenvalue weighted by Gasteiger charge is 2.10. The van der Waals surface area contributed by atoms with Crippen molar-refractivity contribution in [3.8, 4) is 0 Å². The number of hydrogen-bond donors (Lipinski definition) is 1. The minimum absolute atomic E-state index is 0.432. The zero-order valence-corrected chi connectivity index (χ0v) is 8.70. The molecule has 0 saturated carbocycles. The summed E-state index contributed by atoms with van der Waals surface area (Å²) in [4.78, 5) is 0. The third kappa shape index (κ3) is 1.32. The maximum absolute atomic E-state index is 5.70. The molecule has 14 heavy (non-hydrogen) atoms. The van der Waals surface area contributed by atoms with Gasteiger partial charge in [-0.15, -0.1) is 0 Å². The number of para-hydroxylation sites is 1. The van der Waals surface area contributed by atoms with E-state index in [4.69, 9.17) is 5.73 Å². The molecule has 1 aromatic heterocycles. The Labute approximate surface area is 84.3 Å². The summed E-state index contributed by atoms with van der Waals surface area (Å²) in [7, 11) is 2.08. The molecule has 1 aromatic carbocycles. The van der Waals surface area contributed by atoms with Crippen molar-refractivity contribution < 1.29 is 0 Å². The van der Waals surface area contributed by atoms with E-state index < -0.39 is 0 Å². The Balaban J connectivity index is 2.66. The Morgan fingerprint density at radius 2 is 2.07 bits per heavy atom. The van der Waals surface area contributed by atoms with Gasteiger partial charge in [0.2, 0.25) is 0 Å². The summed E-state index contributed by atoms with van der Waals surface area (Å²) in [5.41, 5.74) is 8.33. The number of nitrogens with zero attached hydrogens (tertiary/aromatic N) is 1. The van der Waals surface area contributed by atoms with Crippen LogP contribution in [-0.4, -0.2) is 11.1 Å². The summed E-state index contributed by atoms with van der Waals surface area (Å²) in [6, 6.07) is 8.45. The first-order valence-electron chi connectivity index (χ1n) is 4.98. The van der Waals surface area contributed by atoms with Crippen LogP contribution in [0.15, 0.2) is 30.5 Å². The van der Waals surface area contributed by atoms with Crippen LogP contribution >= 0.6 is 0 Å². The van der Waals surface area contributed by atoms with Crippen molar-refractivity contribution in [2.45, 2.75) is 12.8 Å². The van der Waals surface area contributed by atoms with Gasteiger partial charge in [-0.05, 0) is 24.1 Å². The van der Waals surface area contributed by atoms with Crippen molar-refractivity contribution in [3.63, 3.8) is 0 Å². The fourth-order valence-electron chi connectivity index (χ4n) is 1.89. The first-order valence-corrected chi connectivity index (χ1v) is 4.98. The van der Waals surface area contributed by atoms with Crippen LogP contribution in [0.2, 0.25) is 0 Å². The molecule has 2 heteroatoms. The number of fused-ring (bicyclic) bond motifs is 1. The molecule has 2 nitrogen and oxygen atoms in total. The van der Waals surface area contributed by atoms with E-state index in [0.717, 1.165) is 0 Å². The number of aryl methyl sites for hydroxylation is 1. The molecule has 2 aromatic rings. The number of rotatable bonds is 2. The van der Waals surface area contributed by atoms with Crippen molar-refractivity contribution in [2.75, 3.05) is 6.54 Å². The third-order valence-corrected chi connectivity index (χ3v) is 2.81. The van der Waals surface area contributed by atoms with Gasteiger partial charge in [0.05, 0.1) is 0 Å². The van der Waals surface area contributed by atoms with E-state index in [9.17, 15) is 0 Å². The number of hydrogen-bond acceptors (Lipinski definition) is 1. The van der Waals surface area contributed by atoms with Gasteiger partial charge in [-0.3, -0.25) is 0 Å². The first-order chi connectivity index (χ1) is 6.74. The first kappa shape index (κ1) is 9.28. The van der Waals surface area contributed by atoms with Gasteiger partial charge in [-0.25, -0.2) is 0 Å². The fraction of sp³-hybridized carbons (Fsp3) is 0.333. The molecule has 2 rings (SSSR count). The standard InChI is InChI=1S/C12H16N2/c1-9(7-13)11-8-14(2)12-6-4-3-5-10(11)12/h3-6,8-9H,7,13H2,1-2H3. The summed E-state index contributed by atoms with van der Waals surface area (Å²) in [5.74, 6) is 0.432. The van der Waals surface area contributed by atoms with Crippen LogP contribution in [-0.2, 0) is 7.05 Å². The summed E-state index contributed by atoms with van der Waals surface area (Å²) >= 11 is 0. The molecule has 0 amide bonds. The Morgan fingerprint density at radius 1 is 1.36 bits per heavy atom. The quantitative estimate of drug-likeness (QED) is 0.770. The molecule has 0 aliphatic carbocycles. The predicted molar refractivity (Wildman–Crippen MR) is 60.4 cm³/mol. The van der Waals surface area contributed by atoms with Crippen molar-refractivity contribution >= 4 is 10.9 Å². The topological polar surface area (TPSA) is 30.9 Å². The molecule has 1 heterocycles. The molecular formula is C12H16N2. The average Bonchev–Trinajstić information content (AvgIpc) is 2.56. The molecule has 0 aliphatic rings. The van der Waals surface area contributed by atoms with Crippen LogP contribution in [0, 0.1) is 0 Å². The average molecular weight is 188 g/mol. The maximum atomic E-state index is 5.70. The highest BCUT2D eigenvalue weighted by atomic mass is 14.9. The minimum atomic E-state index is 0.432. The smallest absolute Gasteiger partial charge is 0.0480 e. The van der Waals surface area contributed by atoms with Gasteiger partial charge in [-0.2, -0.15) is 0 Å². The lowest BCUT2D eigenvalue weighted by Gasteiger charge is -2.05. The highest BCUT2D eigenvalue weighted by molar-refractivity contribution is 5.84. The van der Waals surface area contributed by atoms with Crippen LogP contribution in [0.4, 0.5) is 0 Å². The molecular weight excluding hydrogens is 172 g/mol. The second-order valence-corrected chi connectivity index (χ2v) is 3.85. The molecule has 74 valence electrons. The van der Waals surface area contributed by atoms with E-state index >= 15 is 0 Å². The largest absolute Gasteiger partial charge is 0.350 e. The van der Waals surface area contributed by atoms with Crippen molar-refractivity contribution in [2.24, 2.45) is 12.8 Å². The normalized spacial score (nSPS) is 13.4. The molecule has 0 fully saturated rings. The Bertz CT molecular complexity index is 443. The molecule has 0 aliphatic heterocycles. The maximum Gasteiger partial charge on any atom is 0.0480 e. The van der Waals surface area contributed by atoms with Crippen LogP contribution in [0.5, 0.6) is 0 Å². The second kappa shape index (κ2) is 3.46. The van der Waals surface area contributed by atoms with E-state index in [1.165, 1.54) is 16.5 Å². The van der Waals surface area contributed by atoms with Gasteiger partial charge >= 0.3 is 0 Å². The molecule has 1 atom stereocenters. The monoisotopic (exact) mass is 188 g/mol. The highest BCUT2D eigenvalue weighted by Crippen LogP contribution is 2.26. The van der Waals surface area contributed by atoms with Crippen LogP contribution in [0.1, 0.15) is 18.4 Å². The van der Waals surface area contributed by atoms with Gasteiger partial charge in [0, 0.05) is 24.1 Å². The number of aromatic nitrogens is 1. The van der Waals surface area contributed by atoms with E-state index in [1.54, 1.807) is 0 Å². The second-order valence-electron chi connectivity index (χ2n) is 3.85. The predicted octanol–water partition coefficient (Wildman–Crippen LogP) is 2.24. The van der Waals surface area contributed by atoms with Gasteiger partial charge in [0.15, 0.2) is 0 Å². The molecule has 0 radical (unpaired) electrons. The Kier molecular flexibility index (Phi) is 2.30. The van der Waals surface area contributed by atoms with E-state index in [-0.39, 0.29) is 0 Å². The van der Waals surface area contributed by atoms with Crippen LogP contribution < -0.4 is 5.73 Å². The molecule has 0 saturated heterocycles. The van der Waals surface area contributed by atoms with Crippen LogP contribution in [0.25, 0.3) is 10.9 Å². The van der Waals surface area contributed by atoms with E-state index in [1.807, 2.05) is 0 Å². The van der Waals surface area contributed by atoms with E-state index in [2.05, 4.69) is 49.0 Å². The van der Waals surface area contributed by atoms with Crippen molar-refractivity contribution in [3.05, 3.63) is 36.0 Å². The summed E-state index contributed by atoms with van der Waals surface area (Å²) in [5, 5.41) is 1.33. The fourth-order valence-corrected chi connectivity index (χ4v) is 1.89. The van der Waals surface area contributed by atoms with Crippen LogP contribution in [0.3, 0.4) is 0 Å². The zero-order valence-electron chi connectivity index (χ0n) is 8.70. The van der Waals surface area contributed by atoms with Gasteiger partial charge in [0.25, 0.3) is 0 Å². The Hall–Kier alpha value is -1.28. The lowest BCUT2D eigenvalue weighted by molar-refractivity contribution is 0.774. The number of benzene rings is 1. The zero-order chi connectivity index (χ0) is 10.1.